The Balaban J connectivity index is 1.58. The van der Waals surface area contributed by atoms with Crippen molar-refractivity contribution in [2.75, 3.05) is 5.32 Å². The summed E-state index contributed by atoms with van der Waals surface area (Å²) < 4.78 is 13.1. The molecule has 27 heavy (non-hydrogen) atoms. The second-order valence-corrected chi connectivity index (χ2v) is 7.40. The molecule has 1 aliphatic rings. The molecule has 0 bridgehead atoms. The predicted molar refractivity (Wildman–Crippen MR) is 109 cm³/mol. The number of hydrogen-bond donors (Lipinski definition) is 1. The van der Waals surface area contributed by atoms with Crippen LogP contribution in [0, 0.1) is 5.82 Å². The third kappa shape index (κ3) is 4.09. The van der Waals surface area contributed by atoms with Gasteiger partial charge in [-0.1, -0.05) is 48.2 Å². The van der Waals surface area contributed by atoms with Crippen LogP contribution in [0.2, 0.25) is 0 Å². The molecule has 0 fully saturated rings. The maximum absolute atomic E-state index is 13.1. The van der Waals surface area contributed by atoms with Gasteiger partial charge in [0.2, 0.25) is 0 Å². The van der Waals surface area contributed by atoms with Crippen LogP contribution in [0.3, 0.4) is 0 Å². The minimum atomic E-state index is -0.342. The molecule has 5 heteroatoms. The van der Waals surface area contributed by atoms with Crippen molar-refractivity contribution in [2.24, 2.45) is 4.99 Å². The van der Waals surface area contributed by atoms with Crippen molar-refractivity contribution in [3.05, 3.63) is 95.8 Å². The zero-order valence-electron chi connectivity index (χ0n) is 14.4. The van der Waals surface area contributed by atoms with E-state index in [1.165, 1.54) is 36.0 Å². The Morgan fingerprint density at radius 1 is 0.963 bits per heavy atom. The summed E-state index contributed by atoms with van der Waals surface area (Å²) >= 11 is 1.54. The summed E-state index contributed by atoms with van der Waals surface area (Å²) in [4.78, 5) is 17.4. The molecule has 0 radical (unpaired) electrons. The minimum Gasteiger partial charge on any atom is -0.335 e. The highest BCUT2D eigenvalue weighted by Crippen LogP contribution is 2.43. The lowest BCUT2D eigenvalue weighted by Crippen LogP contribution is -2.16. The Hall–Kier alpha value is -2.92. The molecule has 3 aromatic rings. The van der Waals surface area contributed by atoms with E-state index in [0.29, 0.717) is 12.0 Å². The Bertz CT molecular complexity index is 987. The van der Waals surface area contributed by atoms with Crippen LogP contribution in [0.1, 0.15) is 27.6 Å². The van der Waals surface area contributed by atoms with E-state index < -0.39 is 0 Å². The van der Waals surface area contributed by atoms with E-state index in [2.05, 4.69) is 5.32 Å². The van der Waals surface area contributed by atoms with Crippen molar-refractivity contribution in [3.8, 4) is 0 Å². The first-order valence-corrected chi connectivity index (χ1v) is 9.52. The number of nitrogens with zero attached hydrogens (tertiary/aromatic N) is 1. The lowest BCUT2D eigenvalue weighted by molar-refractivity contribution is 0.0982. The third-order valence-corrected chi connectivity index (χ3v) is 5.44. The van der Waals surface area contributed by atoms with E-state index >= 15 is 0 Å². The number of anilines is 1. The van der Waals surface area contributed by atoms with Crippen molar-refractivity contribution in [3.63, 3.8) is 0 Å². The molecule has 3 nitrogen and oxygen atoms in total. The highest BCUT2D eigenvalue weighted by Gasteiger charge is 2.26. The minimum absolute atomic E-state index is 0.0109. The number of fused-ring (bicyclic) bond motifs is 1. The number of carbonyl (C=O) groups excluding carboxylic acids is 1. The molecule has 1 heterocycles. The fraction of sp³-hybridized carbons (Fsp3) is 0.0909. The van der Waals surface area contributed by atoms with Crippen molar-refractivity contribution in [1.82, 2.24) is 0 Å². The van der Waals surface area contributed by atoms with Gasteiger partial charge in [0.05, 0.1) is 5.69 Å². The van der Waals surface area contributed by atoms with Crippen LogP contribution in [-0.2, 0) is 0 Å². The fourth-order valence-corrected chi connectivity index (χ4v) is 4.13. The molecule has 0 aromatic heterocycles. The van der Waals surface area contributed by atoms with Crippen molar-refractivity contribution < 1.29 is 9.18 Å². The van der Waals surface area contributed by atoms with Gasteiger partial charge in [0.1, 0.15) is 5.82 Å². The fourth-order valence-electron chi connectivity index (χ4n) is 2.97. The molecule has 1 unspecified atom stereocenters. The van der Waals surface area contributed by atoms with Crippen LogP contribution < -0.4 is 5.32 Å². The van der Waals surface area contributed by atoms with E-state index in [-0.39, 0.29) is 16.9 Å². The molecular weight excluding hydrogens is 359 g/mol. The first-order valence-electron chi connectivity index (χ1n) is 8.64. The first-order chi connectivity index (χ1) is 13.2. The molecule has 0 amide bonds. The summed E-state index contributed by atoms with van der Waals surface area (Å²) in [5.74, 6) is -0.353. The third-order valence-electron chi connectivity index (χ3n) is 4.32. The zero-order valence-corrected chi connectivity index (χ0v) is 15.2. The topological polar surface area (TPSA) is 41.5 Å². The highest BCUT2D eigenvalue weighted by atomic mass is 32.2. The van der Waals surface area contributed by atoms with Crippen molar-refractivity contribution >= 4 is 34.1 Å². The monoisotopic (exact) mass is 376 g/mol. The first kappa shape index (κ1) is 17.5. The van der Waals surface area contributed by atoms with Gasteiger partial charge in [0, 0.05) is 22.9 Å². The van der Waals surface area contributed by atoms with Crippen LogP contribution >= 0.6 is 11.8 Å². The Kier molecular flexibility index (Phi) is 5.03. The SMILES string of the molecule is O=C(CC1SC(Nc2ccccc2)=Nc2ccccc21)c1ccc(F)cc1. The van der Waals surface area contributed by atoms with Crippen LogP contribution in [0.25, 0.3) is 0 Å². The number of para-hydroxylation sites is 2. The van der Waals surface area contributed by atoms with Crippen molar-refractivity contribution in [1.29, 1.82) is 0 Å². The number of Topliss-reactive ketones (excluding diaryl/α,β-unsaturated/α-hetero) is 1. The Morgan fingerprint density at radius 2 is 1.67 bits per heavy atom. The summed E-state index contributed by atoms with van der Waals surface area (Å²) in [5, 5.41) is 4.03. The van der Waals surface area contributed by atoms with Gasteiger partial charge in [-0.05, 0) is 48.0 Å². The average Bonchev–Trinajstić information content (AvgIpc) is 2.69. The van der Waals surface area contributed by atoms with Gasteiger partial charge in [0.15, 0.2) is 11.0 Å². The van der Waals surface area contributed by atoms with E-state index in [1.54, 1.807) is 0 Å². The van der Waals surface area contributed by atoms with E-state index in [9.17, 15) is 9.18 Å². The standard InChI is InChI=1S/C22H17FN2OS/c23-16-12-10-15(11-13-16)20(26)14-21-18-8-4-5-9-19(18)25-22(27-21)24-17-6-2-1-3-7-17/h1-13,21H,14H2,(H,24,25). The molecule has 0 saturated heterocycles. The van der Waals surface area contributed by atoms with Gasteiger partial charge >= 0.3 is 0 Å². The van der Waals surface area contributed by atoms with E-state index in [4.69, 9.17) is 4.99 Å². The molecule has 134 valence electrons. The summed E-state index contributed by atoms with van der Waals surface area (Å²) in [5.41, 5.74) is 3.38. The summed E-state index contributed by atoms with van der Waals surface area (Å²) in [7, 11) is 0. The van der Waals surface area contributed by atoms with Crippen LogP contribution in [0.5, 0.6) is 0 Å². The Morgan fingerprint density at radius 3 is 2.44 bits per heavy atom. The highest BCUT2D eigenvalue weighted by molar-refractivity contribution is 8.14. The maximum atomic E-state index is 13.1. The number of thioether (sulfide) groups is 1. The average molecular weight is 376 g/mol. The molecular formula is C22H17FN2OS. The van der Waals surface area contributed by atoms with Gasteiger partial charge < -0.3 is 5.32 Å². The predicted octanol–water partition coefficient (Wildman–Crippen LogP) is 5.99. The van der Waals surface area contributed by atoms with Crippen LogP contribution in [0.15, 0.2) is 83.9 Å². The number of rotatable bonds is 4. The molecule has 0 saturated carbocycles. The number of amidine groups is 1. The molecule has 1 atom stereocenters. The quantitative estimate of drug-likeness (QED) is 0.569. The summed E-state index contributed by atoms with van der Waals surface area (Å²) in [6.07, 6.45) is 0.322. The molecule has 0 spiro atoms. The lowest BCUT2D eigenvalue weighted by atomic mass is 10.0. The van der Waals surface area contributed by atoms with Crippen molar-refractivity contribution in [2.45, 2.75) is 11.7 Å². The summed E-state index contributed by atoms with van der Waals surface area (Å²) in [6.45, 7) is 0. The molecule has 3 aromatic carbocycles. The smallest absolute Gasteiger partial charge is 0.166 e. The van der Waals surface area contributed by atoms with Gasteiger partial charge in [-0.2, -0.15) is 0 Å². The van der Waals surface area contributed by atoms with E-state index in [1.807, 2.05) is 54.6 Å². The number of aliphatic imine (C=N–C) groups is 1. The molecule has 4 rings (SSSR count). The zero-order chi connectivity index (χ0) is 18.6. The maximum Gasteiger partial charge on any atom is 0.166 e. The van der Waals surface area contributed by atoms with Gasteiger partial charge in [0.25, 0.3) is 0 Å². The Labute approximate surface area is 161 Å². The molecule has 1 aliphatic heterocycles. The van der Waals surface area contributed by atoms with Crippen LogP contribution in [-0.4, -0.2) is 11.0 Å². The molecule has 1 N–H and O–H groups in total. The second kappa shape index (κ2) is 7.76. The molecule has 0 aliphatic carbocycles. The number of halogens is 1. The lowest BCUT2D eigenvalue weighted by Gasteiger charge is -2.24. The van der Waals surface area contributed by atoms with Gasteiger partial charge in [-0.25, -0.2) is 9.38 Å². The van der Waals surface area contributed by atoms with Gasteiger partial charge in [-0.3, -0.25) is 4.79 Å². The largest absolute Gasteiger partial charge is 0.335 e. The van der Waals surface area contributed by atoms with Crippen LogP contribution in [0.4, 0.5) is 15.8 Å². The number of benzene rings is 3. The normalized spacial score (nSPS) is 15.6. The number of ketones is 1. The van der Waals surface area contributed by atoms with E-state index in [0.717, 1.165) is 22.1 Å². The number of hydrogen-bond acceptors (Lipinski definition) is 4. The summed E-state index contributed by atoms with van der Waals surface area (Å²) in [6, 6.07) is 23.4. The van der Waals surface area contributed by atoms with Gasteiger partial charge in [-0.15, -0.1) is 0 Å². The number of carbonyl (C=O) groups is 1. The number of nitrogens with one attached hydrogen (secondary N) is 1. The second-order valence-electron chi connectivity index (χ2n) is 6.21.